The van der Waals surface area contributed by atoms with E-state index in [1.165, 1.54) is 25.1 Å². The van der Waals surface area contributed by atoms with E-state index in [1.54, 1.807) is 0 Å². The molecule has 11 heteroatoms. The van der Waals surface area contributed by atoms with Gasteiger partial charge in [-0.1, -0.05) is 22.9 Å². The smallest absolute Gasteiger partial charge is 0.273 e. The van der Waals surface area contributed by atoms with Crippen LogP contribution in [0.4, 0.5) is 11.4 Å². The lowest BCUT2D eigenvalue weighted by Gasteiger charge is -2.08. The summed E-state index contributed by atoms with van der Waals surface area (Å²) in [4.78, 5) is 13.9. The van der Waals surface area contributed by atoms with E-state index in [2.05, 4.69) is 25.6 Å². The second-order valence-electron chi connectivity index (χ2n) is 3.87. The number of aromatic nitrogens is 1. The summed E-state index contributed by atoms with van der Waals surface area (Å²) in [6.45, 7) is 1.53. The minimum Gasteiger partial charge on any atom is -0.278 e. The molecule has 0 bridgehead atoms. The predicted octanol–water partition coefficient (Wildman–Crippen LogP) is 3.58. The van der Waals surface area contributed by atoms with E-state index in [9.17, 15) is 18.5 Å². The molecular formula is C10H7BrClN3O4S2. The molecule has 0 aliphatic heterocycles. The molecule has 0 radical (unpaired) electrons. The number of benzene rings is 1. The normalized spacial score (nSPS) is 11.4. The molecule has 0 atom stereocenters. The van der Waals surface area contributed by atoms with Gasteiger partial charge in [-0.2, -0.15) is 0 Å². The van der Waals surface area contributed by atoms with Crippen molar-refractivity contribution in [2.24, 2.45) is 0 Å². The molecular weight excluding hydrogens is 406 g/mol. The van der Waals surface area contributed by atoms with Gasteiger partial charge in [-0.15, -0.1) is 0 Å². The van der Waals surface area contributed by atoms with E-state index in [0.717, 1.165) is 11.3 Å². The third kappa shape index (κ3) is 3.51. The van der Waals surface area contributed by atoms with Crippen molar-refractivity contribution < 1.29 is 13.3 Å². The van der Waals surface area contributed by atoms with E-state index in [-0.39, 0.29) is 30.2 Å². The van der Waals surface area contributed by atoms with Gasteiger partial charge < -0.3 is 0 Å². The van der Waals surface area contributed by atoms with Gasteiger partial charge >= 0.3 is 0 Å². The van der Waals surface area contributed by atoms with Crippen molar-refractivity contribution >= 4 is 60.3 Å². The van der Waals surface area contributed by atoms with Gasteiger partial charge in [0.2, 0.25) is 0 Å². The average molecular weight is 413 g/mol. The first-order valence-corrected chi connectivity index (χ1v) is 8.77. The lowest BCUT2D eigenvalue weighted by atomic mass is 10.3. The summed E-state index contributed by atoms with van der Waals surface area (Å²) in [5.41, 5.74) is 0.321. The zero-order valence-electron chi connectivity index (χ0n) is 10.3. The van der Waals surface area contributed by atoms with Crippen LogP contribution >= 0.6 is 38.9 Å². The first-order chi connectivity index (χ1) is 9.70. The average Bonchev–Trinajstić information content (AvgIpc) is 2.71. The highest BCUT2D eigenvalue weighted by molar-refractivity contribution is 9.10. The molecule has 0 aliphatic carbocycles. The molecule has 1 aromatic heterocycles. The fourth-order valence-electron chi connectivity index (χ4n) is 1.49. The van der Waals surface area contributed by atoms with E-state index in [0.29, 0.717) is 0 Å². The van der Waals surface area contributed by atoms with E-state index in [1.807, 2.05) is 0 Å². The number of halogens is 2. The molecule has 112 valence electrons. The molecule has 0 unspecified atom stereocenters. The summed E-state index contributed by atoms with van der Waals surface area (Å²) >= 11 is 9.62. The molecule has 2 rings (SSSR count). The van der Waals surface area contributed by atoms with Gasteiger partial charge in [0, 0.05) is 16.6 Å². The Labute approximate surface area is 137 Å². The van der Waals surface area contributed by atoms with Gasteiger partial charge in [-0.25, -0.2) is 13.4 Å². The maximum absolute atomic E-state index is 12.3. The first kappa shape index (κ1) is 16.1. The van der Waals surface area contributed by atoms with Crippen molar-refractivity contribution in [1.82, 2.24) is 4.98 Å². The lowest BCUT2D eigenvalue weighted by molar-refractivity contribution is -0.384. The molecule has 0 amide bonds. The van der Waals surface area contributed by atoms with E-state index < -0.39 is 14.9 Å². The number of nitro benzene ring substituents is 1. The number of aryl methyl sites for hydroxylation is 1. The van der Waals surface area contributed by atoms with Crippen molar-refractivity contribution in [2.75, 3.05) is 4.72 Å². The summed E-state index contributed by atoms with van der Waals surface area (Å²) < 4.78 is 27.2. The highest BCUT2D eigenvalue weighted by atomic mass is 79.9. The first-order valence-electron chi connectivity index (χ1n) is 5.30. The third-order valence-corrected chi connectivity index (χ3v) is 6.27. The number of nitrogens with zero attached hydrogens (tertiary/aromatic N) is 2. The highest BCUT2D eigenvalue weighted by Gasteiger charge is 2.23. The number of nitro groups is 1. The minimum atomic E-state index is -3.86. The molecule has 2 aromatic rings. The number of hydrogen-bond acceptors (Lipinski definition) is 6. The molecule has 0 fully saturated rings. The van der Waals surface area contributed by atoms with Crippen LogP contribution in [0, 0.1) is 17.0 Å². The van der Waals surface area contributed by atoms with Gasteiger partial charge in [0.1, 0.15) is 0 Å². The number of sulfonamides is 1. The van der Waals surface area contributed by atoms with E-state index >= 15 is 0 Å². The summed E-state index contributed by atoms with van der Waals surface area (Å²) in [7, 11) is -3.86. The molecule has 1 N–H and O–H groups in total. The number of rotatable bonds is 4. The Bertz CT molecular complexity index is 822. The predicted molar refractivity (Wildman–Crippen MR) is 83.5 cm³/mol. The van der Waals surface area contributed by atoms with Crippen LogP contribution in [0.15, 0.2) is 26.9 Å². The van der Waals surface area contributed by atoms with Crippen LogP contribution in [-0.4, -0.2) is 18.3 Å². The maximum Gasteiger partial charge on any atom is 0.273 e. The summed E-state index contributed by atoms with van der Waals surface area (Å²) in [6.07, 6.45) is 0. The Morgan fingerprint density at radius 1 is 1.48 bits per heavy atom. The second-order valence-corrected chi connectivity index (χ2v) is 8.18. The largest absolute Gasteiger partial charge is 0.278 e. The van der Waals surface area contributed by atoms with Crippen molar-refractivity contribution in [1.29, 1.82) is 0 Å². The number of non-ortho nitro benzene ring substituents is 1. The minimum absolute atomic E-state index is 0.00208. The van der Waals surface area contributed by atoms with E-state index in [4.69, 9.17) is 11.6 Å². The maximum atomic E-state index is 12.3. The third-order valence-electron chi connectivity index (χ3n) is 2.38. The van der Waals surface area contributed by atoms with Crippen LogP contribution in [0.1, 0.15) is 5.69 Å². The second kappa shape index (κ2) is 5.87. The molecule has 0 saturated heterocycles. The zero-order valence-corrected chi connectivity index (χ0v) is 14.3. The van der Waals surface area contributed by atoms with Crippen LogP contribution in [0.3, 0.4) is 0 Å². The Hall–Kier alpha value is -1.23. The van der Waals surface area contributed by atoms with Crippen molar-refractivity contribution in [2.45, 2.75) is 11.1 Å². The molecule has 7 nitrogen and oxygen atoms in total. The van der Waals surface area contributed by atoms with Crippen LogP contribution in [0.2, 0.25) is 4.47 Å². The Kier molecular flexibility index (Phi) is 4.51. The van der Waals surface area contributed by atoms with Crippen molar-refractivity contribution in [3.8, 4) is 0 Å². The fourth-order valence-corrected chi connectivity index (χ4v) is 4.91. The number of thiazole rings is 1. The van der Waals surface area contributed by atoms with Gasteiger partial charge in [-0.3, -0.25) is 14.8 Å². The molecule has 1 aromatic carbocycles. The van der Waals surface area contributed by atoms with Gasteiger partial charge in [0.05, 0.1) is 16.3 Å². The summed E-state index contributed by atoms with van der Waals surface area (Å²) in [5, 5.41) is 10.6. The lowest BCUT2D eigenvalue weighted by Crippen LogP contribution is -2.13. The number of anilines is 1. The Morgan fingerprint density at radius 2 is 2.14 bits per heavy atom. The number of nitrogens with one attached hydrogen (secondary N) is 1. The zero-order chi connectivity index (χ0) is 15.8. The molecule has 0 aliphatic rings. The standard InChI is InChI=1S/C10H7BrClN3O4S2/c1-5-9(20-10(12)13-5)21(18,19)14-8-3-2-6(15(16)17)4-7(8)11/h2-4,14H,1H3. The monoisotopic (exact) mass is 411 g/mol. The number of hydrogen-bond donors (Lipinski definition) is 1. The van der Waals surface area contributed by atoms with Crippen LogP contribution in [0.5, 0.6) is 0 Å². The van der Waals surface area contributed by atoms with Crippen LogP contribution < -0.4 is 4.72 Å². The SMILES string of the molecule is Cc1nc(Cl)sc1S(=O)(=O)Nc1ccc([N+](=O)[O-])cc1Br. The molecule has 1 heterocycles. The fraction of sp³-hybridized carbons (Fsp3) is 0.100. The van der Waals surface area contributed by atoms with Crippen LogP contribution in [-0.2, 0) is 10.0 Å². The summed E-state index contributed by atoms with van der Waals surface area (Å²) in [5.74, 6) is 0. The molecule has 21 heavy (non-hydrogen) atoms. The quantitative estimate of drug-likeness (QED) is 0.611. The van der Waals surface area contributed by atoms with Crippen molar-refractivity contribution in [3.63, 3.8) is 0 Å². The van der Waals surface area contributed by atoms with Crippen LogP contribution in [0.25, 0.3) is 0 Å². The van der Waals surface area contributed by atoms with Gasteiger partial charge in [-0.05, 0) is 28.9 Å². The topological polar surface area (TPSA) is 102 Å². The summed E-state index contributed by atoms with van der Waals surface area (Å²) in [6, 6.07) is 3.72. The highest BCUT2D eigenvalue weighted by Crippen LogP contribution is 2.32. The Morgan fingerprint density at radius 3 is 2.62 bits per heavy atom. The molecule has 0 spiro atoms. The van der Waals surface area contributed by atoms with Gasteiger partial charge in [0.15, 0.2) is 8.68 Å². The Balaban J connectivity index is 2.37. The molecule has 0 saturated carbocycles. The van der Waals surface area contributed by atoms with Gasteiger partial charge in [0.25, 0.3) is 15.7 Å². The van der Waals surface area contributed by atoms with Crippen molar-refractivity contribution in [3.05, 3.63) is 42.9 Å².